The number of ether oxygens (including phenoxy) is 1. The van der Waals surface area contributed by atoms with Crippen molar-refractivity contribution in [2.24, 2.45) is 11.8 Å². The number of nitrogens with one attached hydrogen (secondary N) is 1. The topological polar surface area (TPSA) is 67.8 Å². The molecule has 1 saturated carbocycles. The summed E-state index contributed by atoms with van der Waals surface area (Å²) in [5.41, 5.74) is 0.945. The summed E-state index contributed by atoms with van der Waals surface area (Å²) in [5.74, 6) is 0.685. The second kappa shape index (κ2) is 12.1. The Morgan fingerprint density at radius 2 is 1.46 bits per heavy atom. The second-order valence-corrected chi connectivity index (χ2v) is 15.4. The Balaban J connectivity index is 1.56. The van der Waals surface area contributed by atoms with Crippen molar-refractivity contribution >= 4 is 24.8 Å². The summed E-state index contributed by atoms with van der Waals surface area (Å²) in [6, 6.07) is 30.5. The van der Waals surface area contributed by atoms with Crippen LogP contribution in [0.3, 0.4) is 0 Å². The van der Waals surface area contributed by atoms with E-state index in [2.05, 4.69) is 74.6 Å². The highest BCUT2D eigenvalue weighted by Crippen LogP contribution is 2.42. The lowest BCUT2D eigenvalue weighted by atomic mass is 10.1. The first-order chi connectivity index (χ1) is 17.8. The standard InChI is InChI=1S/C31H39NO4Si/c1-31(2,3)37(28-15-9-5-10-16-28,29-17-11-6-12-18-29)36-23-27(20-25-19-26(25)21-33)32-30(34)35-22-24-13-7-4-8-14-24/h4-18,25-27,33H,19-23H2,1-3H3,(H,32,34)/t25?,26?,27-/m0/s1. The Morgan fingerprint density at radius 3 is 1.95 bits per heavy atom. The Morgan fingerprint density at radius 1 is 0.919 bits per heavy atom. The van der Waals surface area contributed by atoms with E-state index in [-0.39, 0.29) is 24.3 Å². The average molecular weight is 518 g/mol. The lowest BCUT2D eigenvalue weighted by Gasteiger charge is -2.43. The molecule has 0 radical (unpaired) electrons. The highest BCUT2D eigenvalue weighted by atomic mass is 28.4. The molecule has 0 aliphatic heterocycles. The summed E-state index contributed by atoms with van der Waals surface area (Å²) in [5, 5.41) is 15.0. The van der Waals surface area contributed by atoms with Gasteiger partial charge in [0, 0.05) is 6.61 Å². The maximum atomic E-state index is 12.8. The number of aliphatic hydroxyl groups is 1. The van der Waals surface area contributed by atoms with Crippen LogP contribution in [0.5, 0.6) is 0 Å². The SMILES string of the molecule is CC(C)(C)[Si](OC[C@H](CC1CC1CO)NC(=O)OCc1ccccc1)(c1ccccc1)c1ccccc1. The predicted octanol–water partition coefficient (Wildman–Crippen LogP) is 4.88. The van der Waals surface area contributed by atoms with Crippen LogP contribution in [0.4, 0.5) is 4.79 Å². The summed E-state index contributed by atoms with van der Waals surface area (Å²) in [7, 11) is -2.73. The molecule has 1 fully saturated rings. The summed E-state index contributed by atoms with van der Waals surface area (Å²) >= 11 is 0. The second-order valence-electron chi connectivity index (χ2n) is 11.1. The van der Waals surface area contributed by atoms with Crippen molar-refractivity contribution in [1.29, 1.82) is 0 Å². The van der Waals surface area contributed by atoms with E-state index in [9.17, 15) is 9.90 Å². The van der Waals surface area contributed by atoms with Gasteiger partial charge in [0.1, 0.15) is 6.61 Å². The van der Waals surface area contributed by atoms with E-state index in [0.717, 1.165) is 18.4 Å². The van der Waals surface area contributed by atoms with Gasteiger partial charge in [-0.3, -0.25) is 0 Å². The van der Waals surface area contributed by atoms with Crippen LogP contribution in [0.25, 0.3) is 0 Å². The highest BCUT2D eigenvalue weighted by molar-refractivity contribution is 6.99. The van der Waals surface area contributed by atoms with E-state index in [1.165, 1.54) is 10.4 Å². The van der Waals surface area contributed by atoms with E-state index in [4.69, 9.17) is 9.16 Å². The molecule has 0 bridgehead atoms. The van der Waals surface area contributed by atoms with E-state index in [1.807, 2.05) is 42.5 Å². The van der Waals surface area contributed by atoms with Gasteiger partial charge in [-0.2, -0.15) is 0 Å². The van der Waals surface area contributed by atoms with Crippen LogP contribution < -0.4 is 15.7 Å². The number of hydrogen-bond donors (Lipinski definition) is 2. The van der Waals surface area contributed by atoms with Crippen LogP contribution in [0.2, 0.25) is 5.04 Å². The summed E-state index contributed by atoms with van der Waals surface area (Å²) in [4.78, 5) is 12.8. The monoisotopic (exact) mass is 517 g/mol. The molecule has 3 aromatic rings. The van der Waals surface area contributed by atoms with Crippen LogP contribution in [-0.2, 0) is 15.8 Å². The molecule has 37 heavy (non-hydrogen) atoms. The van der Waals surface area contributed by atoms with Gasteiger partial charge in [-0.15, -0.1) is 0 Å². The fraction of sp³-hybridized carbons (Fsp3) is 0.387. The zero-order chi connectivity index (χ0) is 26.3. The number of carbonyl (C=O) groups excluding carboxylic acids is 1. The Kier molecular flexibility index (Phi) is 8.85. The molecule has 3 atom stereocenters. The smallest absolute Gasteiger partial charge is 0.407 e. The predicted molar refractivity (Wildman–Crippen MR) is 150 cm³/mol. The summed E-state index contributed by atoms with van der Waals surface area (Å²) < 4.78 is 12.6. The van der Waals surface area contributed by atoms with Crippen molar-refractivity contribution in [3.05, 3.63) is 96.6 Å². The molecule has 1 aliphatic rings. The number of benzene rings is 3. The first-order valence-electron chi connectivity index (χ1n) is 13.2. The molecule has 0 aromatic heterocycles. The van der Waals surface area contributed by atoms with Crippen molar-refractivity contribution < 1.29 is 19.1 Å². The van der Waals surface area contributed by atoms with Crippen LogP contribution in [0.15, 0.2) is 91.0 Å². The third-order valence-electron chi connectivity index (χ3n) is 7.34. The maximum absolute atomic E-state index is 12.8. The van der Waals surface area contributed by atoms with Crippen molar-refractivity contribution in [2.75, 3.05) is 13.2 Å². The van der Waals surface area contributed by atoms with Crippen LogP contribution >= 0.6 is 0 Å². The van der Waals surface area contributed by atoms with Crippen molar-refractivity contribution in [3.63, 3.8) is 0 Å². The molecule has 1 amide bonds. The number of aliphatic hydroxyl groups excluding tert-OH is 1. The molecular weight excluding hydrogens is 478 g/mol. The van der Waals surface area contributed by atoms with E-state index in [0.29, 0.717) is 18.4 Å². The quantitative estimate of drug-likeness (QED) is 0.356. The van der Waals surface area contributed by atoms with Gasteiger partial charge in [0.15, 0.2) is 0 Å². The lowest BCUT2D eigenvalue weighted by molar-refractivity contribution is 0.128. The van der Waals surface area contributed by atoms with Crippen LogP contribution in [0, 0.1) is 11.8 Å². The Hall–Kier alpha value is -2.93. The lowest BCUT2D eigenvalue weighted by Crippen LogP contribution is -2.67. The third kappa shape index (κ3) is 6.69. The highest BCUT2D eigenvalue weighted by Gasteiger charge is 2.50. The molecule has 6 heteroatoms. The van der Waals surface area contributed by atoms with Crippen molar-refractivity contribution in [3.8, 4) is 0 Å². The van der Waals surface area contributed by atoms with Gasteiger partial charge in [-0.05, 0) is 45.7 Å². The molecule has 3 aromatic carbocycles. The minimum absolute atomic E-state index is 0.151. The molecule has 2 unspecified atom stereocenters. The van der Waals surface area contributed by atoms with Crippen molar-refractivity contribution in [2.45, 2.75) is 51.3 Å². The normalized spacial score (nSPS) is 18.2. The van der Waals surface area contributed by atoms with Gasteiger partial charge < -0.3 is 19.6 Å². The Labute approximate surface area is 222 Å². The van der Waals surface area contributed by atoms with Crippen molar-refractivity contribution in [1.82, 2.24) is 5.32 Å². The molecule has 0 heterocycles. The first kappa shape index (κ1) is 27.1. The van der Waals surface area contributed by atoms with Gasteiger partial charge in [0.25, 0.3) is 8.32 Å². The van der Waals surface area contributed by atoms with Crippen LogP contribution in [-0.4, -0.2) is 38.8 Å². The number of alkyl carbamates (subject to hydrolysis) is 1. The van der Waals surface area contributed by atoms with Gasteiger partial charge in [-0.25, -0.2) is 4.79 Å². The fourth-order valence-electron chi connectivity index (χ4n) is 5.28. The summed E-state index contributed by atoms with van der Waals surface area (Å²) in [6.07, 6.45) is 1.29. The molecule has 0 spiro atoms. The van der Waals surface area contributed by atoms with Gasteiger partial charge in [0.2, 0.25) is 0 Å². The number of hydrogen-bond acceptors (Lipinski definition) is 4. The summed E-state index contributed by atoms with van der Waals surface area (Å²) in [6.45, 7) is 7.53. The van der Waals surface area contributed by atoms with Crippen LogP contribution in [0.1, 0.15) is 39.2 Å². The number of carbonyl (C=O) groups is 1. The minimum atomic E-state index is -2.73. The third-order valence-corrected chi connectivity index (χ3v) is 12.3. The Bertz CT molecular complexity index is 1080. The average Bonchev–Trinajstić information content (AvgIpc) is 3.67. The van der Waals surface area contributed by atoms with Gasteiger partial charge >= 0.3 is 6.09 Å². The largest absolute Gasteiger partial charge is 0.445 e. The number of amides is 1. The molecule has 0 saturated heterocycles. The molecular formula is C31H39NO4Si. The van der Waals surface area contributed by atoms with E-state index < -0.39 is 14.4 Å². The van der Waals surface area contributed by atoms with Gasteiger partial charge in [-0.1, -0.05) is 112 Å². The molecule has 196 valence electrons. The van der Waals surface area contributed by atoms with E-state index in [1.54, 1.807) is 0 Å². The zero-order valence-electron chi connectivity index (χ0n) is 22.1. The molecule has 1 aliphatic carbocycles. The molecule has 2 N–H and O–H groups in total. The molecule has 4 rings (SSSR count). The fourth-order valence-corrected chi connectivity index (χ4v) is 9.88. The minimum Gasteiger partial charge on any atom is -0.445 e. The maximum Gasteiger partial charge on any atom is 0.407 e. The van der Waals surface area contributed by atoms with E-state index >= 15 is 0 Å². The first-order valence-corrected chi connectivity index (χ1v) is 15.1. The molecule has 5 nitrogen and oxygen atoms in total. The van der Waals surface area contributed by atoms with Gasteiger partial charge in [0.05, 0.1) is 12.6 Å². The number of rotatable bonds is 11. The zero-order valence-corrected chi connectivity index (χ0v) is 23.1.